The van der Waals surface area contributed by atoms with Crippen LogP contribution in [0, 0.1) is 0 Å². The van der Waals surface area contributed by atoms with Gasteiger partial charge in [-0.25, -0.2) is 4.98 Å². The average Bonchev–Trinajstić information content (AvgIpc) is 3.03. The van der Waals surface area contributed by atoms with Crippen LogP contribution in [0.5, 0.6) is 17.2 Å². The Balaban J connectivity index is 2.74. The minimum Gasteiger partial charge on any atom is -0.493 e. The zero-order chi connectivity index (χ0) is 17.0. The monoisotopic (exact) mass is 337 g/mol. The summed E-state index contributed by atoms with van der Waals surface area (Å²) >= 11 is 1.39. The third-order valence-electron chi connectivity index (χ3n) is 3.28. The summed E-state index contributed by atoms with van der Waals surface area (Å²) in [7, 11) is 6.45. The summed E-state index contributed by atoms with van der Waals surface area (Å²) in [5.74, 6) is 1.55. The molecule has 0 aliphatic carbocycles. The molecule has 0 fully saturated rings. The number of oxime groups is 1. The van der Waals surface area contributed by atoms with Gasteiger partial charge in [0.05, 0.1) is 37.6 Å². The van der Waals surface area contributed by atoms with E-state index < -0.39 is 0 Å². The maximum atomic E-state index is 9.12. The van der Waals surface area contributed by atoms with Gasteiger partial charge in [-0.3, -0.25) is 0 Å². The van der Waals surface area contributed by atoms with Crippen LogP contribution in [-0.4, -0.2) is 44.3 Å². The Hall–Kier alpha value is -2.48. The van der Waals surface area contributed by atoms with Crippen molar-refractivity contribution in [1.29, 1.82) is 0 Å². The molecule has 0 spiro atoms. The van der Waals surface area contributed by atoms with Gasteiger partial charge in [-0.05, 0) is 19.1 Å². The molecule has 1 aromatic heterocycles. The minimum absolute atomic E-state index is 0.468. The molecule has 1 heterocycles. The van der Waals surface area contributed by atoms with E-state index >= 15 is 0 Å². The van der Waals surface area contributed by atoms with Gasteiger partial charge < -0.3 is 24.7 Å². The van der Waals surface area contributed by atoms with E-state index in [2.05, 4.69) is 15.5 Å². The van der Waals surface area contributed by atoms with Crippen LogP contribution in [0.4, 0.5) is 5.13 Å². The van der Waals surface area contributed by atoms with Crippen molar-refractivity contribution in [3.8, 4) is 28.5 Å². The van der Waals surface area contributed by atoms with Gasteiger partial charge in [0.2, 0.25) is 5.75 Å². The number of thiazole rings is 1. The van der Waals surface area contributed by atoms with Crippen molar-refractivity contribution in [2.24, 2.45) is 5.16 Å². The molecule has 0 bridgehead atoms. The van der Waals surface area contributed by atoms with E-state index in [9.17, 15) is 0 Å². The zero-order valence-electron chi connectivity index (χ0n) is 13.6. The van der Waals surface area contributed by atoms with Gasteiger partial charge in [0.25, 0.3) is 0 Å². The van der Waals surface area contributed by atoms with E-state index in [1.54, 1.807) is 41.4 Å². The van der Waals surface area contributed by atoms with Crippen molar-refractivity contribution >= 4 is 22.2 Å². The molecule has 0 aliphatic heterocycles. The van der Waals surface area contributed by atoms with Crippen LogP contribution in [0.2, 0.25) is 0 Å². The van der Waals surface area contributed by atoms with Crippen LogP contribution in [-0.2, 0) is 0 Å². The predicted molar refractivity (Wildman–Crippen MR) is 90.8 cm³/mol. The highest BCUT2D eigenvalue weighted by Gasteiger charge is 2.23. The van der Waals surface area contributed by atoms with Gasteiger partial charge in [-0.1, -0.05) is 16.5 Å². The van der Waals surface area contributed by atoms with Crippen LogP contribution >= 0.6 is 11.3 Å². The topological polar surface area (TPSA) is 85.2 Å². The largest absolute Gasteiger partial charge is 0.493 e. The van der Waals surface area contributed by atoms with Gasteiger partial charge in [0, 0.05) is 12.6 Å². The number of rotatable bonds is 6. The second-order valence-corrected chi connectivity index (χ2v) is 5.51. The molecular formula is C15H19N3O4S. The first kappa shape index (κ1) is 16.9. The number of anilines is 1. The van der Waals surface area contributed by atoms with Crippen LogP contribution in [0.15, 0.2) is 17.3 Å². The molecule has 1 aromatic carbocycles. The number of nitrogens with one attached hydrogen (secondary N) is 1. The molecule has 7 nitrogen and oxygen atoms in total. The Morgan fingerprint density at radius 2 is 1.87 bits per heavy atom. The lowest BCUT2D eigenvalue weighted by molar-refractivity contribution is 0.319. The molecule has 124 valence electrons. The highest BCUT2D eigenvalue weighted by atomic mass is 32.1. The van der Waals surface area contributed by atoms with E-state index in [1.807, 2.05) is 6.07 Å². The molecule has 2 aromatic rings. The normalized spacial score (nSPS) is 11.3. The summed E-state index contributed by atoms with van der Waals surface area (Å²) < 4.78 is 16.2. The Morgan fingerprint density at radius 1 is 1.17 bits per heavy atom. The third-order valence-corrected chi connectivity index (χ3v) is 4.46. The van der Waals surface area contributed by atoms with E-state index in [1.165, 1.54) is 11.3 Å². The number of aromatic nitrogens is 1. The van der Waals surface area contributed by atoms with Gasteiger partial charge in [-0.2, -0.15) is 0 Å². The summed E-state index contributed by atoms with van der Waals surface area (Å²) in [5, 5.41) is 16.1. The van der Waals surface area contributed by atoms with Crippen molar-refractivity contribution < 1.29 is 19.4 Å². The standard InChI is InChI=1S/C15H19N3O4S/c1-8(18-19)14-11(17-15(16-2)23-14)9-6-7-10(20-3)13(22-5)12(9)21-4/h6-7,19H,1-5H3,(H,16,17)/b18-8+. The van der Waals surface area contributed by atoms with Crippen LogP contribution in [0.1, 0.15) is 11.8 Å². The molecule has 2 N–H and O–H groups in total. The lowest BCUT2D eigenvalue weighted by Gasteiger charge is -2.15. The Bertz CT molecular complexity index is 728. The van der Waals surface area contributed by atoms with Gasteiger partial charge in [0.1, 0.15) is 0 Å². The lowest BCUT2D eigenvalue weighted by atomic mass is 10.1. The van der Waals surface area contributed by atoms with E-state index in [-0.39, 0.29) is 0 Å². The Morgan fingerprint density at radius 3 is 2.39 bits per heavy atom. The summed E-state index contributed by atoms with van der Waals surface area (Å²) in [6.45, 7) is 1.71. The van der Waals surface area contributed by atoms with Crippen LogP contribution in [0.25, 0.3) is 11.3 Å². The van der Waals surface area contributed by atoms with E-state index in [0.717, 1.165) is 10.4 Å². The average molecular weight is 337 g/mol. The second kappa shape index (κ2) is 7.19. The first-order chi connectivity index (χ1) is 11.1. The van der Waals surface area contributed by atoms with Crippen molar-refractivity contribution in [3.63, 3.8) is 0 Å². The van der Waals surface area contributed by atoms with E-state index in [0.29, 0.717) is 33.8 Å². The Labute approximate surface area is 138 Å². The molecule has 0 unspecified atom stereocenters. The second-order valence-electron chi connectivity index (χ2n) is 4.51. The predicted octanol–water partition coefficient (Wildman–Crippen LogP) is 3.08. The number of benzene rings is 1. The molecule has 23 heavy (non-hydrogen) atoms. The van der Waals surface area contributed by atoms with Crippen molar-refractivity contribution in [2.75, 3.05) is 33.7 Å². The highest BCUT2D eigenvalue weighted by molar-refractivity contribution is 7.18. The SMILES string of the molecule is CNc1nc(-c2ccc(OC)c(OC)c2OC)c(/C(C)=N/O)s1. The summed E-state index contributed by atoms with van der Waals surface area (Å²) in [4.78, 5) is 5.28. The minimum atomic E-state index is 0.468. The molecule has 0 saturated carbocycles. The molecule has 0 aliphatic rings. The number of methoxy groups -OCH3 is 3. The summed E-state index contributed by atoms with van der Waals surface area (Å²) in [6.07, 6.45) is 0. The lowest BCUT2D eigenvalue weighted by Crippen LogP contribution is -1.99. The van der Waals surface area contributed by atoms with E-state index in [4.69, 9.17) is 19.4 Å². The highest BCUT2D eigenvalue weighted by Crippen LogP contribution is 2.46. The fourth-order valence-corrected chi connectivity index (χ4v) is 3.06. The molecule has 0 atom stereocenters. The number of ether oxygens (including phenoxy) is 3. The number of nitrogens with zero attached hydrogens (tertiary/aromatic N) is 2. The maximum Gasteiger partial charge on any atom is 0.203 e. The molecule has 2 rings (SSSR count). The number of hydrogen-bond acceptors (Lipinski definition) is 8. The first-order valence-corrected chi connectivity index (χ1v) is 7.59. The number of hydrogen-bond donors (Lipinski definition) is 2. The van der Waals surface area contributed by atoms with Crippen LogP contribution < -0.4 is 19.5 Å². The first-order valence-electron chi connectivity index (χ1n) is 6.78. The van der Waals surface area contributed by atoms with Gasteiger partial charge in [0.15, 0.2) is 16.6 Å². The molecule has 8 heteroatoms. The molecule has 0 radical (unpaired) electrons. The smallest absolute Gasteiger partial charge is 0.203 e. The van der Waals surface area contributed by atoms with Crippen molar-refractivity contribution in [1.82, 2.24) is 4.98 Å². The van der Waals surface area contributed by atoms with Crippen molar-refractivity contribution in [3.05, 3.63) is 17.0 Å². The van der Waals surface area contributed by atoms with Gasteiger partial charge in [-0.15, -0.1) is 0 Å². The summed E-state index contributed by atoms with van der Waals surface area (Å²) in [5.41, 5.74) is 1.84. The fourth-order valence-electron chi connectivity index (χ4n) is 2.19. The third kappa shape index (κ3) is 3.02. The Kier molecular flexibility index (Phi) is 5.28. The molecule has 0 saturated heterocycles. The van der Waals surface area contributed by atoms with Gasteiger partial charge >= 0.3 is 0 Å². The molecule has 0 amide bonds. The van der Waals surface area contributed by atoms with Crippen LogP contribution in [0.3, 0.4) is 0 Å². The maximum absolute atomic E-state index is 9.12. The summed E-state index contributed by atoms with van der Waals surface area (Å²) in [6, 6.07) is 3.62. The quantitative estimate of drug-likeness (QED) is 0.479. The fraction of sp³-hybridized carbons (Fsp3) is 0.333. The zero-order valence-corrected chi connectivity index (χ0v) is 14.4. The van der Waals surface area contributed by atoms with Crippen molar-refractivity contribution in [2.45, 2.75) is 6.92 Å². The molecular weight excluding hydrogens is 318 g/mol.